The number of piperidine rings is 1. The average molecular weight is 402 g/mol. The number of imidazole rings is 1. The second-order valence-corrected chi connectivity index (χ2v) is 7.84. The third-order valence-corrected chi connectivity index (χ3v) is 5.43. The third-order valence-electron chi connectivity index (χ3n) is 5.43. The summed E-state index contributed by atoms with van der Waals surface area (Å²) in [7, 11) is 1.66. The van der Waals surface area contributed by atoms with Gasteiger partial charge in [0, 0.05) is 24.9 Å². The first kappa shape index (κ1) is 20.0. The van der Waals surface area contributed by atoms with E-state index < -0.39 is 0 Å². The molecule has 30 heavy (non-hydrogen) atoms. The topological polar surface area (TPSA) is 47.4 Å². The normalized spacial score (nSPS) is 15.6. The molecule has 1 amide bonds. The smallest absolute Gasteiger partial charge is 0.250 e. The number of rotatable bonds is 5. The van der Waals surface area contributed by atoms with Crippen LogP contribution in [0.15, 0.2) is 60.6 Å². The lowest BCUT2D eigenvalue weighted by Gasteiger charge is -2.28. The quantitative estimate of drug-likeness (QED) is 0.582. The van der Waals surface area contributed by atoms with Crippen LogP contribution in [0.3, 0.4) is 0 Å². The monoisotopic (exact) mass is 401 g/mol. The zero-order valence-corrected chi connectivity index (χ0v) is 17.8. The lowest BCUT2D eigenvalue weighted by atomic mass is 9.99. The molecule has 1 aliphatic heterocycles. The highest BCUT2D eigenvalue weighted by Crippen LogP contribution is 2.28. The molecule has 5 heteroatoms. The highest BCUT2D eigenvalue weighted by Gasteiger charge is 2.23. The van der Waals surface area contributed by atoms with E-state index in [4.69, 9.17) is 4.74 Å². The molecule has 3 aromatic rings. The number of hydrogen-bond acceptors (Lipinski definition) is 3. The van der Waals surface area contributed by atoms with E-state index in [0.717, 1.165) is 47.7 Å². The Kier molecular flexibility index (Phi) is 5.70. The predicted molar refractivity (Wildman–Crippen MR) is 119 cm³/mol. The van der Waals surface area contributed by atoms with Gasteiger partial charge in [0.2, 0.25) is 5.91 Å². The SMILES string of the molecule is COc1cc(/C=C2\CCCN(Cc3cccc(C)c3)C2=O)ccc1-n1cnc(C)c1. The van der Waals surface area contributed by atoms with Crippen LogP contribution in [0.1, 0.15) is 35.2 Å². The van der Waals surface area contributed by atoms with Crippen molar-refractivity contribution in [2.45, 2.75) is 33.2 Å². The molecular formula is C25H27N3O2. The molecule has 0 radical (unpaired) electrons. The molecule has 4 rings (SSSR count). The number of aryl methyl sites for hydroxylation is 2. The highest BCUT2D eigenvalue weighted by atomic mass is 16.5. The average Bonchev–Trinajstić information content (AvgIpc) is 3.17. The highest BCUT2D eigenvalue weighted by molar-refractivity contribution is 5.98. The molecule has 0 aliphatic carbocycles. The minimum absolute atomic E-state index is 0.121. The summed E-state index contributed by atoms with van der Waals surface area (Å²) in [6, 6.07) is 14.4. The summed E-state index contributed by atoms with van der Waals surface area (Å²) < 4.78 is 7.55. The molecule has 0 spiro atoms. The minimum Gasteiger partial charge on any atom is -0.495 e. The molecule has 0 N–H and O–H groups in total. The molecule has 0 unspecified atom stereocenters. The summed E-state index contributed by atoms with van der Waals surface area (Å²) in [5.74, 6) is 0.873. The molecule has 154 valence electrons. The van der Waals surface area contributed by atoms with Gasteiger partial charge >= 0.3 is 0 Å². The summed E-state index contributed by atoms with van der Waals surface area (Å²) in [6.07, 6.45) is 7.51. The Balaban J connectivity index is 1.56. The van der Waals surface area contributed by atoms with Gasteiger partial charge in [-0.05, 0) is 56.0 Å². The van der Waals surface area contributed by atoms with E-state index in [1.807, 2.05) is 52.9 Å². The number of aromatic nitrogens is 2. The Morgan fingerprint density at radius 1 is 1.17 bits per heavy atom. The Labute approximate surface area is 177 Å². The van der Waals surface area contributed by atoms with E-state index in [-0.39, 0.29) is 5.91 Å². The zero-order chi connectivity index (χ0) is 21.1. The van der Waals surface area contributed by atoms with Crippen molar-refractivity contribution in [3.63, 3.8) is 0 Å². The lowest BCUT2D eigenvalue weighted by Crippen LogP contribution is -2.36. The van der Waals surface area contributed by atoms with Crippen molar-refractivity contribution in [3.05, 3.63) is 82.9 Å². The number of methoxy groups -OCH3 is 1. The molecule has 1 fully saturated rings. The van der Waals surface area contributed by atoms with Crippen LogP contribution in [0.5, 0.6) is 5.75 Å². The standard InChI is InChI=1S/C25H27N3O2/c1-18-6-4-7-21(12-18)16-27-11-5-8-22(25(27)29)13-20-9-10-23(24(14-20)30-3)28-15-19(2)26-17-28/h4,6-7,9-10,12-15,17H,5,8,11,16H2,1-3H3/b22-13+. The summed E-state index contributed by atoms with van der Waals surface area (Å²) in [4.78, 5) is 19.3. The molecule has 1 aromatic heterocycles. The van der Waals surface area contributed by atoms with Gasteiger partial charge in [-0.15, -0.1) is 0 Å². The minimum atomic E-state index is 0.121. The third kappa shape index (κ3) is 4.30. The molecule has 1 saturated heterocycles. The second kappa shape index (κ2) is 8.57. The van der Waals surface area contributed by atoms with Crippen molar-refractivity contribution in [3.8, 4) is 11.4 Å². The van der Waals surface area contributed by atoms with Crippen molar-refractivity contribution in [2.24, 2.45) is 0 Å². The lowest BCUT2D eigenvalue weighted by molar-refractivity contribution is -0.129. The fourth-order valence-electron chi connectivity index (χ4n) is 3.94. The number of nitrogens with zero attached hydrogens (tertiary/aromatic N) is 3. The van der Waals surface area contributed by atoms with Gasteiger partial charge in [0.15, 0.2) is 0 Å². The molecule has 0 bridgehead atoms. The number of likely N-dealkylation sites (tertiary alicyclic amines) is 1. The number of hydrogen-bond donors (Lipinski definition) is 0. The number of amides is 1. The van der Waals surface area contributed by atoms with Crippen LogP contribution < -0.4 is 4.74 Å². The molecule has 5 nitrogen and oxygen atoms in total. The van der Waals surface area contributed by atoms with E-state index >= 15 is 0 Å². The Hall–Kier alpha value is -3.34. The first-order valence-corrected chi connectivity index (χ1v) is 10.3. The van der Waals surface area contributed by atoms with Gasteiger partial charge < -0.3 is 14.2 Å². The van der Waals surface area contributed by atoms with Crippen molar-refractivity contribution in [1.29, 1.82) is 0 Å². The van der Waals surface area contributed by atoms with Gasteiger partial charge in [-0.1, -0.05) is 35.9 Å². The molecule has 1 aliphatic rings. The number of ether oxygens (including phenoxy) is 1. The maximum absolute atomic E-state index is 13.1. The van der Waals surface area contributed by atoms with E-state index in [0.29, 0.717) is 6.54 Å². The van der Waals surface area contributed by atoms with E-state index in [1.165, 1.54) is 11.1 Å². The summed E-state index contributed by atoms with van der Waals surface area (Å²) in [5, 5.41) is 0. The van der Waals surface area contributed by atoms with Crippen LogP contribution in [-0.4, -0.2) is 34.0 Å². The van der Waals surface area contributed by atoms with Gasteiger partial charge in [0.05, 0.1) is 24.8 Å². The first-order valence-electron chi connectivity index (χ1n) is 10.3. The predicted octanol–water partition coefficient (Wildman–Crippen LogP) is 4.70. The van der Waals surface area contributed by atoms with Gasteiger partial charge in [0.25, 0.3) is 0 Å². The van der Waals surface area contributed by atoms with Crippen LogP contribution in [0.25, 0.3) is 11.8 Å². The van der Waals surface area contributed by atoms with E-state index in [2.05, 4.69) is 30.1 Å². The molecule has 0 atom stereocenters. The van der Waals surface area contributed by atoms with Crippen molar-refractivity contribution < 1.29 is 9.53 Å². The first-order chi connectivity index (χ1) is 14.5. The number of carbonyl (C=O) groups excluding carboxylic acids is 1. The zero-order valence-electron chi connectivity index (χ0n) is 17.8. The van der Waals surface area contributed by atoms with Crippen LogP contribution in [-0.2, 0) is 11.3 Å². The summed E-state index contributed by atoms with van der Waals surface area (Å²) in [6.45, 7) is 5.49. The maximum Gasteiger partial charge on any atom is 0.250 e. The summed E-state index contributed by atoms with van der Waals surface area (Å²) >= 11 is 0. The van der Waals surface area contributed by atoms with E-state index in [9.17, 15) is 4.79 Å². The Morgan fingerprint density at radius 2 is 2.03 bits per heavy atom. The second-order valence-electron chi connectivity index (χ2n) is 7.84. The van der Waals surface area contributed by atoms with Crippen molar-refractivity contribution in [2.75, 3.05) is 13.7 Å². The molecular weight excluding hydrogens is 374 g/mol. The fraction of sp³-hybridized carbons (Fsp3) is 0.280. The van der Waals surface area contributed by atoms with Crippen molar-refractivity contribution >= 4 is 12.0 Å². The van der Waals surface area contributed by atoms with Crippen LogP contribution in [0.4, 0.5) is 0 Å². The van der Waals surface area contributed by atoms with Crippen molar-refractivity contribution in [1.82, 2.24) is 14.5 Å². The Bertz CT molecular complexity index is 1100. The van der Waals surface area contributed by atoms with Crippen LogP contribution in [0, 0.1) is 13.8 Å². The van der Waals surface area contributed by atoms with E-state index in [1.54, 1.807) is 13.4 Å². The van der Waals surface area contributed by atoms with Gasteiger partial charge in [-0.2, -0.15) is 0 Å². The maximum atomic E-state index is 13.1. The van der Waals surface area contributed by atoms with Gasteiger partial charge in [-0.25, -0.2) is 4.98 Å². The largest absolute Gasteiger partial charge is 0.495 e. The van der Waals surface area contributed by atoms with Gasteiger partial charge in [-0.3, -0.25) is 4.79 Å². The fourth-order valence-corrected chi connectivity index (χ4v) is 3.94. The molecule has 0 saturated carbocycles. The number of benzene rings is 2. The molecule has 2 aromatic carbocycles. The number of carbonyl (C=O) groups is 1. The Morgan fingerprint density at radius 3 is 2.77 bits per heavy atom. The molecule has 2 heterocycles. The summed E-state index contributed by atoms with van der Waals surface area (Å²) in [5.41, 5.74) is 6.08. The van der Waals surface area contributed by atoms with Crippen LogP contribution >= 0.6 is 0 Å². The van der Waals surface area contributed by atoms with Crippen LogP contribution in [0.2, 0.25) is 0 Å². The van der Waals surface area contributed by atoms with Gasteiger partial charge in [0.1, 0.15) is 5.75 Å².